The van der Waals surface area contributed by atoms with E-state index in [1.807, 2.05) is 35.7 Å². The van der Waals surface area contributed by atoms with Crippen molar-refractivity contribution in [2.45, 2.75) is 0 Å². The third-order valence-corrected chi connectivity index (χ3v) is 4.77. The second kappa shape index (κ2) is 7.28. The standard InChI is InChI=1S/C21H13N3O2S/c22-12-14-6-1-2-7-15(14)16-8-3-4-9-17(16)20(25)24-21-23-18(13-27-21)19-10-5-11-26-19/h1-11,13H,(H,23,24,25). The van der Waals surface area contributed by atoms with Gasteiger partial charge < -0.3 is 4.42 Å². The molecule has 1 N–H and O–H groups in total. The highest BCUT2D eigenvalue weighted by molar-refractivity contribution is 7.14. The number of carbonyl (C=O) groups excluding carboxylic acids is 1. The Balaban J connectivity index is 1.65. The molecule has 0 saturated carbocycles. The minimum atomic E-state index is -0.279. The third kappa shape index (κ3) is 3.36. The molecule has 2 aromatic carbocycles. The van der Waals surface area contributed by atoms with Crippen LogP contribution in [-0.4, -0.2) is 10.9 Å². The van der Waals surface area contributed by atoms with Crippen LogP contribution in [0.1, 0.15) is 15.9 Å². The number of amides is 1. The summed E-state index contributed by atoms with van der Waals surface area (Å²) in [4.78, 5) is 17.2. The second-order valence-electron chi connectivity index (χ2n) is 5.67. The average molecular weight is 371 g/mol. The molecule has 1 amide bonds. The Morgan fingerprint density at radius 1 is 1.04 bits per heavy atom. The van der Waals surface area contributed by atoms with Crippen LogP contribution >= 0.6 is 11.3 Å². The Morgan fingerprint density at radius 2 is 1.81 bits per heavy atom. The van der Waals surface area contributed by atoms with Gasteiger partial charge in [0.05, 0.1) is 17.9 Å². The smallest absolute Gasteiger partial charge is 0.258 e. The molecule has 2 aromatic heterocycles. The van der Waals surface area contributed by atoms with E-state index < -0.39 is 0 Å². The molecular weight excluding hydrogens is 358 g/mol. The molecule has 4 aromatic rings. The first-order valence-electron chi connectivity index (χ1n) is 8.15. The van der Waals surface area contributed by atoms with Crippen molar-refractivity contribution in [1.82, 2.24) is 4.98 Å². The van der Waals surface area contributed by atoms with E-state index in [0.717, 1.165) is 5.56 Å². The zero-order valence-electron chi connectivity index (χ0n) is 14.0. The summed E-state index contributed by atoms with van der Waals surface area (Å²) in [7, 11) is 0. The Kier molecular flexibility index (Phi) is 4.52. The molecule has 27 heavy (non-hydrogen) atoms. The van der Waals surface area contributed by atoms with Crippen molar-refractivity contribution in [1.29, 1.82) is 5.26 Å². The van der Waals surface area contributed by atoms with Crippen LogP contribution in [0, 0.1) is 11.3 Å². The summed E-state index contributed by atoms with van der Waals surface area (Å²) >= 11 is 1.32. The van der Waals surface area contributed by atoms with E-state index in [1.54, 1.807) is 36.6 Å². The van der Waals surface area contributed by atoms with Gasteiger partial charge in [0.1, 0.15) is 5.69 Å². The first-order chi connectivity index (χ1) is 13.3. The lowest BCUT2D eigenvalue weighted by atomic mass is 9.95. The van der Waals surface area contributed by atoms with Crippen LogP contribution in [0.4, 0.5) is 5.13 Å². The van der Waals surface area contributed by atoms with E-state index in [9.17, 15) is 10.1 Å². The molecule has 0 bridgehead atoms. The first-order valence-corrected chi connectivity index (χ1v) is 9.03. The number of aromatic nitrogens is 1. The van der Waals surface area contributed by atoms with Crippen molar-refractivity contribution < 1.29 is 9.21 Å². The predicted octanol–water partition coefficient (Wildman–Crippen LogP) is 5.19. The second-order valence-corrected chi connectivity index (χ2v) is 6.53. The zero-order valence-corrected chi connectivity index (χ0v) is 14.9. The maximum Gasteiger partial charge on any atom is 0.258 e. The highest BCUT2D eigenvalue weighted by Crippen LogP contribution is 2.29. The lowest BCUT2D eigenvalue weighted by Crippen LogP contribution is -2.13. The summed E-state index contributed by atoms with van der Waals surface area (Å²) in [5.74, 6) is 0.369. The summed E-state index contributed by atoms with van der Waals surface area (Å²) in [6.45, 7) is 0. The molecule has 0 aliphatic heterocycles. The third-order valence-electron chi connectivity index (χ3n) is 4.01. The normalized spacial score (nSPS) is 10.3. The Bertz CT molecular complexity index is 1140. The van der Waals surface area contributed by atoms with Crippen LogP contribution < -0.4 is 5.32 Å². The molecule has 0 spiro atoms. The Morgan fingerprint density at radius 3 is 2.59 bits per heavy atom. The topological polar surface area (TPSA) is 78.9 Å². The molecule has 6 heteroatoms. The van der Waals surface area contributed by atoms with Crippen molar-refractivity contribution in [2.75, 3.05) is 5.32 Å². The van der Waals surface area contributed by atoms with Crippen LogP contribution in [-0.2, 0) is 0 Å². The van der Waals surface area contributed by atoms with E-state index in [0.29, 0.717) is 33.3 Å². The fourth-order valence-electron chi connectivity index (χ4n) is 2.76. The fourth-order valence-corrected chi connectivity index (χ4v) is 3.46. The molecule has 0 saturated heterocycles. The Hall–Kier alpha value is -3.69. The number of thiazole rings is 1. The number of nitrogens with zero attached hydrogens (tertiary/aromatic N) is 2. The molecular formula is C21H13N3O2S. The first kappa shape index (κ1) is 16.8. The van der Waals surface area contributed by atoms with Crippen LogP contribution in [0.25, 0.3) is 22.6 Å². The largest absolute Gasteiger partial charge is 0.463 e. The highest BCUT2D eigenvalue weighted by atomic mass is 32.1. The van der Waals surface area contributed by atoms with Crippen LogP contribution in [0.5, 0.6) is 0 Å². The molecule has 5 nitrogen and oxygen atoms in total. The summed E-state index contributed by atoms with van der Waals surface area (Å²) in [6.07, 6.45) is 1.58. The van der Waals surface area contributed by atoms with Gasteiger partial charge in [-0.05, 0) is 29.8 Å². The number of nitrogens with one attached hydrogen (secondary N) is 1. The number of anilines is 1. The van der Waals surface area contributed by atoms with Gasteiger partial charge in [-0.25, -0.2) is 4.98 Å². The van der Waals surface area contributed by atoms with Gasteiger partial charge in [-0.15, -0.1) is 11.3 Å². The lowest BCUT2D eigenvalue weighted by molar-refractivity contribution is 0.102. The van der Waals surface area contributed by atoms with E-state index >= 15 is 0 Å². The van der Waals surface area contributed by atoms with Gasteiger partial charge in [0, 0.05) is 16.5 Å². The number of rotatable bonds is 4. The number of hydrogen-bond donors (Lipinski definition) is 1. The summed E-state index contributed by atoms with van der Waals surface area (Å²) in [5.41, 5.74) is 3.10. The average Bonchev–Trinajstić information content (AvgIpc) is 3.39. The molecule has 0 unspecified atom stereocenters. The van der Waals surface area contributed by atoms with Crippen molar-refractivity contribution in [3.8, 4) is 28.7 Å². The lowest BCUT2D eigenvalue weighted by Gasteiger charge is -2.10. The maximum absolute atomic E-state index is 12.9. The van der Waals surface area contributed by atoms with Gasteiger partial charge >= 0.3 is 0 Å². The number of furan rings is 1. The fraction of sp³-hybridized carbons (Fsp3) is 0. The minimum absolute atomic E-state index is 0.279. The molecule has 2 heterocycles. The Labute approximate surface area is 159 Å². The van der Waals surface area contributed by atoms with Crippen molar-refractivity contribution in [3.05, 3.63) is 83.4 Å². The molecule has 4 rings (SSSR count). The monoisotopic (exact) mass is 371 g/mol. The molecule has 0 fully saturated rings. The summed E-state index contributed by atoms with van der Waals surface area (Å²) < 4.78 is 5.33. The van der Waals surface area contributed by atoms with E-state index in [-0.39, 0.29) is 5.91 Å². The van der Waals surface area contributed by atoms with Crippen LogP contribution in [0.15, 0.2) is 76.7 Å². The molecule has 0 atom stereocenters. The molecule has 0 aliphatic rings. The summed E-state index contributed by atoms with van der Waals surface area (Å²) in [6, 6.07) is 20.2. The zero-order chi connectivity index (χ0) is 18.6. The quantitative estimate of drug-likeness (QED) is 0.535. The summed E-state index contributed by atoms with van der Waals surface area (Å²) in [5, 5.41) is 14.5. The van der Waals surface area contributed by atoms with Gasteiger partial charge in [-0.3, -0.25) is 10.1 Å². The van der Waals surface area contributed by atoms with Crippen molar-refractivity contribution in [3.63, 3.8) is 0 Å². The van der Waals surface area contributed by atoms with Gasteiger partial charge in [0.15, 0.2) is 10.9 Å². The van der Waals surface area contributed by atoms with Gasteiger partial charge in [-0.2, -0.15) is 5.26 Å². The van der Waals surface area contributed by atoms with Crippen LogP contribution in [0.2, 0.25) is 0 Å². The number of hydrogen-bond acceptors (Lipinski definition) is 5. The van der Waals surface area contributed by atoms with Crippen molar-refractivity contribution >= 4 is 22.4 Å². The van der Waals surface area contributed by atoms with Gasteiger partial charge in [0.25, 0.3) is 5.91 Å². The van der Waals surface area contributed by atoms with E-state index in [4.69, 9.17) is 4.42 Å². The van der Waals surface area contributed by atoms with Gasteiger partial charge in [-0.1, -0.05) is 36.4 Å². The molecule has 0 aliphatic carbocycles. The molecule has 130 valence electrons. The number of benzene rings is 2. The van der Waals surface area contributed by atoms with Gasteiger partial charge in [0.2, 0.25) is 0 Å². The molecule has 0 radical (unpaired) electrons. The predicted molar refractivity (Wildman–Crippen MR) is 104 cm³/mol. The number of carbonyl (C=O) groups is 1. The highest BCUT2D eigenvalue weighted by Gasteiger charge is 2.16. The van der Waals surface area contributed by atoms with E-state index in [1.165, 1.54) is 11.3 Å². The minimum Gasteiger partial charge on any atom is -0.463 e. The van der Waals surface area contributed by atoms with Crippen molar-refractivity contribution in [2.24, 2.45) is 0 Å². The van der Waals surface area contributed by atoms with Crippen LogP contribution in [0.3, 0.4) is 0 Å². The SMILES string of the molecule is N#Cc1ccccc1-c1ccccc1C(=O)Nc1nc(-c2ccco2)cs1. The maximum atomic E-state index is 12.9. The number of nitriles is 1. The van der Waals surface area contributed by atoms with E-state index in [2.05, 4.69) is 16.4 Å².